The van der Waals surface area contributed by atoms with Gasteiger partial charge in [-0.2, -0.15) is 0 Å². The third-order valence-corrected chi connectivity index (χ3v) is 4.18. The predicted octanol–water partition coefficient (Wildman–Crippen LogP) is 1.70. The molecule has 0 radical (unpaired) electrons. The van der Waals surface area contributed by atoms with Crippen LogP contribution >= 0.6 is 0 Å². The first-order chi connectivity index (χ1) is 6.12. The Hall–Kier alpha value is -0.0800. The Morgan fingerprint density at radius 1 is 1.15 bits per heavy atom. The van der Waals surface area contributed by atoms with Crippen LogP contribution in [0.3, 0.4) is 0 Å². The minimum absolute atomic E-state index is 0.159. The molecule has 2 aliphatic rings. The molecule has 0 amide bonds. The molecule has 0 heterocycles. The molecule has 3 unspecified atom stereocenters. The van der Waals surface area contributed by atoms with Gasteiger partial charge in [0.25, 0.3) is 0 Å². The van der Waals surface area contributed by atoms with Crippen LogP contribution in [0.15, 0.2) is 0 Å². The molecule has 2 rings (SSSR count). The summed E-state index contributed by atoms with van der Waals surface area (Å²) in [5.41, 5.74) is 0.316. The summed E-state index contributed by atoms with van der Waals surface area (Å²) in [7, 11) is 0. The highest BCUT2D eigenvalue weighted by Gasteiger charge is 2.44. The minimum atomic E-state index is -0.161. The number of rotatable bonds is 0. The van der Waals surface area contributed by atoms with Gasteiger partial charge < -0.3 is 10.2 Å². The Morgan fingerprint density at radius 2 is 1.92 bits per heavy atom. The van der Waals surface area contributed by atoms with Crippen molar-refractivity contribution in [2.24, 2.45) is 11.3 Å². The minimum Gasteiger partial charge on any atom is -0.393 e. The van der Waals surface area contributed by atoms with Crippen molar-refractivity contribution in [2.45, 2.75) is 57.7 Å². The van der Waals surface area contributed by atoms with Gasteiger partial charge in [0.15, 0.2) is 0 Å². The zero-order chi connectivity index (χ0) is 9.47. The lowest BCUT2D eigenvalue weighted by atomic mass is 9.59. The van der Waals surface area contributed by atoms with Crippen molar-refractivity contribution in [2.75, 3.05) is 0 Å². The molecule has 0 aromatic heterocycles. The van der Waals surface area contributed by atoms with Gasteiger partial charge in [0, 0.05) is 0 Å². The van der Waals surface area contributed by atoms with Gasteiger partial charge in [-0.25, -0.2) is 0 Å². The maximum Gasteiger partial charge on any atom is 0.0574 e. The van der Waals surface area contributed by atoms with E-state index in [1.165, 1.54) is 6.42 Å². The third-order valence-electron chi connectivity index (χ3n) is 4.18. The molecule has 2 saturated carbocycles. The van der Waals surface area contributed by atoms with Crippen molar-refractivity contribution in [3.63, 3.8) is 0 Å². The summed E-state index contributed by atoms with van der Waals surface area (Å²) in [6.07, 6.45) is 5.85. The highest BCUT2D eigenvalue weighted by Crippen LogP contribution is 2.49. The van der Waals surface area contributed by atoms with Crippen LogP contribution in [-0.2, 0) is 0 Å². The number of aliphatic hydroxyl groups excluding tert-OH is 2. The van der Waals surface area contributed by atoms with Crippen molar-refractivity contribution in [3.8, 4) is 0 Å². The summed E-state index contributed by atoms with van der Waals surface area (Å²) in [5, 5.41) is 19.4. The number of fused-ring (bicyclic) bond motifs is 1. The number of hydrogen-bond donors (Lipinski definition) is 2. The van der Waals surface area contributed by atoms with E-state index >= 15 is 0 Å². The van der Waals surface area contributed by atoms with Crippen LogP contribution < -0.4 is 0 Å². The molecule has 0 bridgehead atoms. The molecule has 0 aromatic carbocycles. The highest BCUT2D eigenvalue weighted by molar-refractivity contribution is 4.95. The normalized spacial score (nSPS) is 51.5. The van der Waals surface area contributed by atoms with Crippen molar-refractivity contribution in [3.05, 3.63) is 0 Å². The van der Waals surface area contributed by atoms with Crippen molar-refractivity contribution < 1.29 is 10.2 Å². The van der Waals surface area contributed by atoms with E-state index in [2.05, 4.69) is 6.92 Å². The van der Waals surface area contributed by atoms with E-state index in [0.717, 1.165) is 32.1 Å². The fraction of sp³-hybridized carbons (Fsp3) is 1.00. The standard InChI is InChI=1S/C11H20O2/c1-11-5-2-3-10(13)9(11)7-8(12)4-6-11/h8-10,12-13H,2-7H2,1H3/t8?,9?,10?,11-/m0/s1. The molecular weight excluding hydrogens is 164 g/mol. The monoisotopic (exact) mass is 184 g/mol. The van der Waals surface area contributed by atoms with Gasteiger partial charge in [-0.15, -0.1) is 0 Å². The molecule has 0 aliphatic heterocycles. The molecule has 0 spiro atoms. The Bertz CT molecular complexity index is 193. The topological polar surface area (TPSA) is 40.5 Å². The fourth-order valence-electron chi connectivity index (χ4n) is 3.23. The second kappa shape index (κ2) is 3.25. The van der Waals surface area contributed by atoms with Gasteiger partial charge in [0.1, 0.15) is 0 Å². The van der Waals surface area contributed by atoms with E-state index in [-0.39, 0.29) is 12.2 Å². The first-order valence-electron chi connectivity index (χ1n) is 5.48. The second-order valence-electron chi connectivity index (χ2n) is 5.15. The van der Waals surface area contributed by atoms with Crippen LogP contribution in [0.4, 0.5) is 0 Å². The maximum absolute atomic E-state index is 9.88. The lowest BCUT2D eigenvalue weighted by Gasteiger charge is -2.48. The average Bonchev–Trinajstić information content (AvgIpc) is 2.08. The quantitative estimate of drug-likeness (QED) is 0.601. The molecule has 76 valence electrons. The lowest BCUT2D eigenvalue weighted by molar-refractivity contribution is -0.0775. The third kappa shape index (κ3) is 1.62. The van der Waals surface area contributed by atoms with Gasteiger partial charge in [0.2, 0.25) is 0 Å². The SMILES string of the molecule is C[C@@]12CCCC(O)C1CC(O)CC2. The van der Waals surface area contributed by atoms with E-state index < -0.39 is 0 Å². The fourth-order valence-corrected chi connectivity index (χ4v) is 3.23. The summed E-state index contributed by atoms with van der Waals surface area (Å²) in [5.74, 6) is 0.352. The van der Waals surface area contributed by atoms with E-state index in [1.54, 1.807) is 0 Å². The molecular formula is C11H20O2. The zero-order valence-corrected chi connectivity index (χ0v) is 8.37. The zero-order valence-electron chi connectivity index (χ0n) is 8.37. The first kappa shape index (κ1) is 9.47. The van der Waals surface area contributed by atoms with E-state index in [9.17, 15) is 10.2 Å². The van der Waals surface area contributed by atoms with Crippen molar-refractivity contribution in [1.82, 2.24) is 0 Å². The Morgan fingerprint density at radius 3 is 2.69 bits per heavy atom. The number of hydrogen-bond acceptors (Lipinski definition) is 2. The Labute approximate surface area is 80.0 Å². The summed E-state index contributed by atoms with van der Waals surface area (Å²) in [4.78, 5) is 0. The summed E-state index contributed by atoms with van der Waals surface area (Å²) in [6.45, 7) is 2.28. The van der Waals surface area contributed by atoms with Gasteiger partial charge in [0.05, 0.1) is 12.2 Å². The Balaban J connectivity index is 2.13. The molecule has 4 atom stereocenters. The maximum atomic E-state index is 9.88. The van der Waals surface area contributed by atoms with Crippen LogP contribution in [-0.4, -0.2) is 22.4 Å². The van der Waals surface area contributed by atoms with Crippen LogP contribution in [0, 0.1) is 11.3 Å². The summed E-state index contributed by atoms with van der Waals surface area (Å²) in [6, 6.07) is 0. The van der Waals surface area contributed by atoms with Crippen LogP contribution in [0.25, 0.3) is 0 Å². The molecule has 2 N–H and O–H groups in total. The molecule has 0 aromatic rings. The summed E-state index contributed by atoms with van der Waals surface area (Å²) >= 11 is 0. The van der Waals surface area contributed by atoms with Crippen LogP contribution in [0.2, 0.25) is 0 Å². The molecule has 2 aliphatic carbocycles. The smallest absolute Gasteiger partial charge is 0.0574 e. The van der Waals surface area contributed by atoms with Crippen LogP contribution in [0.1, 0.15) is 45.4 Å². The average molecular weight is 184 g/mol. The van der Waals surface area contributed by atoms with Gasteiger partial charge >= 0.3 is 0 Å². The summed E-state index contributed by atoms with van der Waals surface area (Å²) < 4.78 is 0. The lowest BCUT2D eigenvalue weighted by Crippen LogP contribution is -2.45. The van der Waals surface area contributed by atoms with Crippen LogP contribution in [0.5, 0.6) is 0 Å². The van der Waals surface area contributed by atoms with Gasteiger partial charge in [-0.3, -0.25) is 0 Å². The molecule has 0 saturated heterocycles. The van der Waals surface area contributed by atoms with Crippen molar-refractivity contribution >= 4 is 0 Å². The van der Waals surface area contributed by atoms with Gasteiger partial charge in [-0.1, -0.05) is 13.3 Å². The van der Waals surface area contributed by atoms with E-state index in [4.69, 9.17) is 0 Å². The van der Waals surface area contributed by atoms with Gasteiger partial charge in [-0.05, 0) is 43.4 Å². The highest BCUT2D eigenvalue weighted by atomic mass is 16.3. The van der Waals surface area contributed by atoms with E-state index in [0.29, 0.717) is 11.3 Å². The number of aliphatic hydroxyl groups is 2. The first-order valence-corrected chi connectivity index (χ1v) is 5.48. The predicted molar refractivity (Wildman–Crippen MR) is 51.3 cm³/mol. The molecule has 13 heavy (non-hydrogen) atoms. The molecule has 2 heteroatoms. The molecule has 2 fully saturated rings. The second-order valence-corrected chi connectivity index (χ2v) is 5.15. The Kier molecular flexibility index (Phi) is 2.37. The van der Waals surface area contributed by atoms with E-state index in [1.807, 2.05) is 0 Å². The largest absolute Gasteiger partial charge is 0.393 e. The molecule has 2 nitrogen and oxygen atoms in total. The van der Waals surface area contributed by atoms with Crippen molar-refractivity contribution in [1.29, 1.82) is 0 Å².